The fourth-order valence-electron chi connectivity index (χ4n) is 3.29. The Bertz CT molecular complexity index is 639. The van der Waals surface area contributed by atoms with E-state index in [1.165, 1.54) is 0 Å². The average molecular weight is 362 g/mol. The molecule has 1 aromatic carbocycles. The number of rotatable bonds is 5. The Kier molecular flexibility index (Phi) is 6.64. The van der Waals surface area contributed by atoms with Gasteiger partial charge in [-0.05, 0) is 38.8 Å². The predicted octanol–water partition coefficient (Wildman–Crippen LogP) is 3.61. The van der Waals surface area contributed by atoms with Gasteiger partial charge < -0.3 is 14.7 Å². The van der Waals surface area contributed by atoms with Crippen LogP contribution in [0.2, 0.25) is 0 Å². The zero-order valence-electron chi connectivity index (χ0n) is 16.2. The molecule has 1 aliphatic rings. The summed E-state index contributed by atoms with van der Waals surface area (Å²) in [7, 11) is 0. The Hall–Kier alpha value is -2.08. The number of nitrogens with zero attached hydrogens (tertiary/aromatic N) is 2. The molecule has 0 spiro atoms. The molecule has 1 atom stereocenters. The van der Waals surface area contributed by atoms with Crippen molar-refractivity contribution in [2.24, 2.45) is 0 Å². The molecule has 2 rings (SSSR count). The van der Waals surface area contributed by atoms with Gasteiger partial charge in [0.1, 0.15) is 5.60 Å². The van der Waals surface area contributed by atoms with Gasteiger partial charge in [-0.1, -0.05) is 31.5 Å². The van der Waals surface area contributed by atoms with E-state index in [9.17, 15) is 14.7 Å². The van der Waals surface area contributed by atoms with Crippen LogP contribution in [-0.4, -0.2) is 58.2 Å². The predicted molar refractivity (Wildman–Crippen MR) is 100 cm³/mol. The first kappa shape index (κ1) is 20.2. The molecule has 1 saturated heterocycles. The summed E-state index contributed by atoms with van der Waals surface area (Å²) < 4.78 is 5.50. The lowest BCUT2D eigenvalue weighted by Crippen LogP contribution is -2.55. The van der Waals surface area contributed by atoms with E-state index in [2.05, 4.69) is 11.8 Å². The van der Waals surface area contributed by atoms with E-state index in [1.54, 1.807) is 17.0 Å². The number of carbonyl (C=O) groups excluding carboxylic acids is 1. The number of carboxylic acid groups (broad SMARTS) is 1. The third-order valence-electron chi connectivity index (χ3n) is 4.50. The molecule has 6 nitrogen and oxygen atoms in total. The summed E-state index contributed by atoms with van der Waals surface area (Å²) in [6.45, 7) is 10.2. The van der Waals surface area contributed by atoms with Crippen LogP contribution >= 0.6 is 0 Å². The molecule has 1 unspecified atom stereocenters. The van der Waals surface area contributed by atoms with Crippen LogP contribution in [0.4, 0.5) is 4.79 Å². The molecule has 1 N–H and O–H groups in total. The molecular formula is C20H30N2O4. The molecule has 1 fully saturated rings. The average Bonchev–Trinajstić information content (AvgIpc) is 2.55. The molecule has 1 amide bonds. The van der Waals surface area contributed by atoms with Crippen LogP contribution in [0.25, 0.3) is 0 Å². The third-order valence-corrected chi connectivity index (χ3v) is 4.50. The summed E-state index contributed by atoms with van der Waals surface area (Å²) >= 11 is 0. The van der Waals surface area contributed by atoms with Gasteiger partial charge in [-0.25, -0.2) is 9.59 Å². The van der Waals surface area contributed by atoms with Crippen LogP contribution < -0.4 is 0 Å². The minimum atomic E-state index is -0.903. The highest BCUT2D eigenvalue weighted by Crippen LogP contribution is 2.21. The lowest BCUT2D eigenvalue weighted by Gasteiger charge is -2.42. The van der Waals surface area contributed by atoms with Crippen LogP contribution in [0.3, 0.4) is 0 Å². The summed E-state index contributed by atoms with van der Waals surface area (Å²) in [6.07, 6.45) is 1.68. The minimum absolute atomic E-state index is 0.197. The van der Waals surface area contributed by atoms with Gasteiger partial charge in [0.25, 0.3) is 0 Å². The molecule has 26 heavy (non-hydrogen) atoms. The molecule has 144 valence electrons. The largest absolute Gasteiger partial charge is 0.478 e. The monoisotopic (exact) mass is 362 g/mol. The quantitative estimate of drug-likeness (QED) is 0.866. The number of carbonyl (C=O) groups is 2. The van der Waals surface area contributed by atoms with Crippen molar-refractivity contribution in [1.29, 1.82) is 0 Å². The number of ether oxygens (including phenoxy) is 1. The summed E-state index contributed by atoms with van der Waals surface area (Å²) in [5.41, 5.74) is 0.652. The van der Waals surface area contributed by atoms with E-state index in [0.717, 1.165) is 18.4 Å². The van der Waals surface area contributed by atoms with Crippen LogP contribution in [0.15, 0.2) is 24.3 Å². The number of hydrogen-bond donors (Lipinski definition) is 1. The van der Waals surface area contributed by atoms with Gasteiger partial charge in [-0.15, -0.1) is 0 Å². The number of aromatic carboxylic acids is 1. The summed E-state index contributed by atoms with van der Waals surface area (Å²) in [6, 6.07) is 7.32. The molecule has 0 saturated carbocycles. The maximum absolute atomic E-state index is 12.4. The van der Waals surface area contributed by atoms with E-state index < -0.39 is 11.6 Å². The summed E-state index contributed by atoms with van der Waals surface area (Å²) in [4.78, 5) is 27.9. The fourth-order valence-corrected chi connectivity index (χ4v) is 3.29. The van der Waals surface area contributed by atoms with Gasteiger partial charge in [0.2, 0.25) is 0 Å². The number of hydrogen-bond acceptors (Lipinski definition) is 4. The molecule has 0 bridgehead atoms. The van der Waals surface area contributed by atoms with Crippen molar-refractivity contribution >= 4 is 12.1 Å². The second kappa shape index (κ2) is 8.54. The van der Waals surface area contributed by atoms with E-state index in [0.29, 0.717) is 31.7 Å². The molecule has 0 radical (unpaired) electrons. The van der Waals surface area contributed by atoms with Crippen LogP contribution in [-0.2, 0) is 11.3 Å². The van der Waals surface area contributed by atoms with Gasteiger partial charge in [-0.3, -0.25) is 4.90 Å². The Morgan fingerprint density at radius 3 is 2.54 bits per heavy atom. The van der Waals surface area contributed by atoms with Crippen molar-refractivity contribution in [2.45, 2.75) is 58.7 Å². The Labute approximate surface area is 155 Å². The van der Waals surface area contributed by atoms with Crippen molar-refractivity contribution in [3.05, 3.63) is 35.4 Å². The minimum Gasteiger partial charge on any atom is -0.478 e. The summed E-state index contributed by atoms with van der Waals surface area (Å²) in [5.74, 6) is -0.903. The molecule has 0 aliphatic carbocycles. The second-order valence-corrected chi connectivity index (χ2v) is 7.80. The first-order chi connectivity index (χ1) is 12.2. The Morgan fingerprint density at radius 2 is 1.92 bits per heavy atom. The van der Waals surface area contributed by atoms with E-state index in [-0.39, 0.29) is 12.1 Å². The first-order valence-electron chi connectivity index (χ1n) is 9.24. The van der Waals surface area contributed by atoms with E-state index in [4.69, 9.17) is 4.74 Å². The standard InChI is InChI=1S/C20H30N2O4/c1-5-8-16-14-22(19(25)26-20(2,3)4)12-11-21(16)13-15-9-6-7-10-17(15)18(23)24/h6-7,9-10,16H,5,8,11-14H2,1-4H3,(H,23,24). The SMILES string of the molecule is CCCC1CN(C(=O)OC(C)(C)C)CCN1Cc1ccccc1C(=O)O. The van der Waals surface area contributed by atoms with Crippen LogP contribution in [0.1, 0.15) is 56.5 Å². The molecule has 0 aromatic heterocycles. The number of amides is 1. The molecule has 1 aliphatic heterocycles. The van der Waals surface area contributed by atoms with E-state index >= 15 is 0 Å². The van der Waals surface area contributed by atoms with Gasteiger partial charge >= 0.3 is 12.1 Å². The lowest BCUT2D eigenvalue weighted by molar-refractivity contribution is 0.00118. The number of benzene rings is 1. The topological polar surface area (TPSA) is 70.1 Å². The number of carboxylic acids is 1. The maximum atomic E-state index is 12.4. The van der Waals surface area contributed by atoms with Gasteiger partial charge in [0, 0.05) is 32.2 Å². The van der Waals surface area contributed by atoms with Crippen molar-refractivity contribution in [1.82, 2.24) is 9.80 Å². The van der Waals surface area contributed by atoms with Gasteiger partial charge in [0.05, 0.1) is 5.56 Å². The van der Waals surface area contributed by atoms with Crippen molar-refractivity contribution < 1.29 is 19.4 Å². The third kappa shape index (κ3) is 5.46. The normalized spacial score (nSPS) is 18.6. The van der Waals surface area contributed by atoms with Gasteiger partial charge in [0.15, 0.2) is 0 Å². The number of piperazine rings is 1. The van der Waals surface area contributed by atoms with E-state index in [1.807, 2.05) is 32.9 Å². The van der Waals surface area contributed by atoms with Crippen LogP contribution in [0, 0.1) is 0 Å². The molecule has 6 heteroatoms. The summed E-state index contributed by atoms with van der Waals surface area (Å²) in [5, 5.41) is 9.40. The van der Waals surface area contributed by atoms with Crippen molar-refractivity contribution in [3.63, 3.8) is 0 Å². The molecule has 1 heterocycles. The highest BCUT2D eigenvalue weighted by atomic mass is 16.6. The maximum Gasteiger partial charge on any atom is 0.410 e. The highest BCUT2D eigenvalue weighted by Gasteiger charge is 2.31. The van der Waals surface area contributed by atoms with Gasteiger partial charge in [-0.2, -0.15) is 0 Å². The second-order valence-electron chi connectivity index (χ2n) is 7.80. The lowest BCUT2D eigenvalue weighted by atomic mass is 10.0. The van der Waals surface area contributed by atoms with Crippen molar-refractivity contribution in [2.75, 3.05) is 19.6 Å². The fraction of sp³-hybridized carbons (Fsp3) is 0.600. The van der Waals surface area contributed by atoms with Crippen LogP contribution in [0.5, 0.6) is 0 Å². The molecule has 1 aromatic rings. The zero-order chi connectivity index (χ0) is 19.3. The highest BCUT2D eigenvalue weighted by molar-refractivity contribution is 5.89. The Morgan fingerprint density at radius 1 is 1.23 bits per heavy atom. The first-order valence-corrected chi connectivity index (χ1v) is 9.24. The zero-order valence-corrected chi connectivity index (χ0v) is 16.2. The Balaban J connectivity index is 2.09. The smallest absolute Gasteiger partial charge is 0.410 e. The molecular weight excluding hydrogens is 332 g/mol. The van der Waals surface area contributed by atoms with Crippen molar-refractivity contribution in [3.8, 4) is 0 Å².